The fourth-order valence-corrected chi connectivity index (χ4v) is 4.33. The minimum absolute atomic E-state index is 0.0319. The Hall–Kier alpha value is -2.38. The average molecular weight is 385 g/mol. The molecule has 0 aliphatic heterocycles. The van der Waals surface area contributed by atoms with Gasteiger partial charge in [0.25, 0.3) is 0 Å². The molecule has 1 aromatic heterocycles. The van der Waals surface area contributed by atoms with Crippen LogP contribution >= 0.6 is 23.1 Å². The van der Waals surface area contributed by atoms with Gasteiger partial charge in [0, 0.05) is 18.4 Å². The van der Waals surface area contributed by atoms with E-state index in [1.807, 2.05) is 68.4 Å². The van der Waals surface area contributed by atoms with Gasteiger partial charge in [-0.25, -0.2) is 0 Å². The van der Waals surface area contributed by atoms with E-state index in [-0.39, 0.29) is 11.2 Å². The zero-order chi connectivity index (χ0) is 18.5. The third-order valence-electron chi connectivity index (χ3n) is 3.81. The summed E-state index contributed by atoms with van der Waals surface area (Å²) in [5.74, 6) is 0.0319. The molecule has 0 bridgehead atoms. The number of hydrogen-bond donors (Lipinski definition) is 1. The highest BCUT2D eigenvalue weighted by Crippen LogP contribution is 2.31. The smallest absolute Gasteiger partial charge is 0.240 e. The Bertz CT molecular complexity index is 865. The van der Waals surface area contributed by atoms with Crippen molar-refractivity contribution in [3.63, 3.8) is 0 Å². The van der Waals surface area contributed by atoms with E-state index in [0.29, 0.717) is 5.13 Å². The van der Waals surface area contributed by atoms with Gasteiger partial charge in [0.15, 0.2) is 4.34 Å². The Morgan fingerprint density at radius 3 is 2.50 bits per heavy atom. The van der Waals surface area contributed by atoms with Crippen LogP contribution in [0, 0.1) is 6.92 Å². The summed E-state index contributed by atoms with van der Waals surface area (Å²) in [5.41, 5.74) is 3.05. The van der Waals surface area contributed by atoms with Crippen molar-refractivity contribution in [1.82, 2.24) is 10.2 Å². The number of anilines is 3. The molecule has 0 saturated carbocycles. The van der Waals surface area contributed by atoms with Crippen molar-refractivity contribution in [3.05, 3.63) is 60.2 Å². The number of nitrogens with one attached hydrogen (secondary N) is 1. The molecule has 1 atom stereocenters. The third-order valence-corrected chi connectivity index (χ3v) is 5.82. The van der Waals surface area contributed by atoms with Crippen LogP contribution in [0.2, 0.25) is 0 Å². The topological polar surface area (TPSA) is 58.1 Å². The molecule has 0 unspecified atom stereocenters. The minimum Gasteiger partial charge on any atom is -0.330 e. The molecule has 0 saturated heterocycles. The number of carbonyl (C=O) groups excluding carboxylic acids is 1. The lowest BCUT2D eigenvalue weighted by molar-refractivity contribution is -0.117. The fourth-order valence-electron chi connectivity index (χ4n) is 2.32. The minimum atomic E-state index is -0.250. The van der Waals surface area contributed by atoms with E-state index >= 15 is 0 Å². The number of aromatic nitrogens is 2. The van der Waals surface area contributed by atoms with Crippen LogP contribution in [0.1, 0.15) is 12.5 Å². The summed E-state index contributed by atoms with van der Waals surface area (Å²) in [5, 5.41) is 12.0. The van der Waals surface area contributed by atoms with Crippen LogP contribution in [0.5, 0.6) is 0 Å². The zero-order valence-corrected chi connectivity index (χ0v) is 16.5. The predicted octanol–water partition coefficient (Wildman–Crippen LogP) is 4.73. The molecule has 134 valence electrons. The first-order valence-electron chi connectivity index (χ1n) is 8.19. The van der Waals surface area contributed by atoms with Crippen LogP contribution in [-0.2, 0) is 4.79 Å². The summed E-state index contributed by atoms with van der Waals surface area (Å²) in [6, 6.07) is 17.7. The molecule has 1 heterocycles. The van der Waals surface area contributed by atoms with Gasteiger partial charge in [0.05, 0.1) is 5.25 Å². The number of benzene rings is 2. The molecule has 0 aliphatic rings. The van der Waals surface area contributed by atoms with Crippen molar-refractivity contribution in [1.29, 1.82) is 0 Å². The van der Waals surface area contributed by atoms with Crippen molar-refractivity contribution in [2.75, 3.05) is 17.3 Å². The highest BCUT2D eigenvalue weighted by Gasteiger charge is 2.21. The van der Waals surface area contributed by atoms with E-state index in [1.54, 1.807) is 11.9 Å². The number of aryl methyl sites for hydroxylation is 1. The second kappa shape index (κ2) is 8.33. The molecule has 0 fully saturated rings. The number of carbonyl (C=O) groups is 1. The van der Waals surface area contributed by atoms with Gasteiger partial charge in [0.1, 0.15) is 0 Å². The number of amides is 1. The number of thioether (sulfide) groups is 1. The SMILES string of the molecule is Cc1ccc(Nc2nnc(S[C@@H](C)C(=O)N(C)c3ccccc3)s2)cc1. The standard InChI is InChI=1S/C19H20N4OS2/c1-13-9-11-15(12-10-13)20-18-21-22-19(26-18)25-14(2)17(24)23(3)16-7-5-4-6-8-16/h4-12,14H,1-3H3,(H,20,21)/t14-/m0/s1. The van der Waals surface area contributed by atoms with Gasteiger partial charge in [0.2, 0.25) is 11.0 Å². The van der Waals surface area contributed by atoms with E-state index in [2.05, 4.69) is 15.5 Å². The van der Waals surface area contributed by atoms with Gasteiger partial charge in [-0.05, 0) is 38.1 Å². The van der Waals surface area contributed by atoms with Crippen LogP contribution in [0.3, 0.4) is 0 Å². The van der Waals surface area contributed by atoms with E-state index in [9.17, 15) is 4.79 Å². The van der Waals surface area contributed by atoms with Crippen molar-refractivity contribution in [2.45, 2.75) is 23.4 Å². The van der Waals surface area contributed by atoms with Gasteiger partial charge < -0.3 is 10.2 Å². The fraction of sp³-hybridized carbons (Fsp3) is 0.211. The molecule has 3 rings (SSSR count). The van der Waals surface area contributed by atoms with Crippen LogP contribution in [0.25, 0.3) is 0 Å². The van der Waals surface area contributed by atoms with Gasteiger partial charge >= 0.3 is 0 Å². The largest absolute Gasteiger partial charge is 0.330 e. The molecule has 5 nitrogen and oxygen atoms in total. The number of hydrogen-bond acceptors (Lipinski definition) is 6. The quantitative estimate of drug-likeness (QED) is 0.623. The van der Waals surface area contributed by atoms with E-state index in [1.165, 1.54) is 28.7 Å². The molecular weight excluding hydrogens is 364 g/mol. The molecule has 2 aromatic carbocycles. The Morgan fingerprint density at radius 1 is 1.12 bits per heavy atom. The molecule has 0 radical (unpaired) electrons. The Kier molecular flexibility index (Phi) is 5.90. The van der Waals surface area contributed by atoms with Gasteiger partial charge in [-0.3, -0.25) is 4.79 Å². The molecule has 7 heteroatoms. The summed E-state index contributed by atoms with van der Waals surface area (Å²) in [4.78, 5) is 14.3. The lowest BCUT2D eigenvalue weighted by atomic mass is 10.2. The molecule has 1 N–H and O–H groups in total. The number of nitrogens with zero attached hydrogens (tertiary/aromatic N) is 3. The van der Waals surface area contributed by atoms with Crippen molar-refractivity contribution in [2.24, 2.45) is 0 Å². The van der Waals surface area contributed by atoms with Gasteiger partial charge in [-0.1, -0.05) is 59.0 Å². The van der Waals surface area contributed by atoms with Crippen molar-refractivity contribution in [3.8, 4) is 0 Å². The highest BCUT2D eigenvalue weighted by molar-refractivity contribution is 8.02. The van der Waals surface area contributed by atoms with Crippen LogP contribution in [0.4, 0.5) is 16.5 Å². The lowest BCUT2D eigenvalue weighted by Gasteiger charge is -2.20. The highest BCUT2D eigenvalue weighted by atomic mass is 32.2. The monoisotopic (exact) mass is 384 g/mol. The maximum atomic E-state index is 12.6. The molecule has 0 aliphatic carbocycles. The van der Waals surface area contributed by atoms with Crippen molar-refractivity contribution < 1.29 is 4.79 Å². The first-order valence-corrected chi connectivity index (χ1v) is 9.89. The van der Waals surface area contributed by atoms with Crippen LogP contribution in [0.15, 0.2) is 58.9 Å². The summed E-state index contributed by atoms with van der Waals surface area (Å²) in [7, 11) is 1.79. The molecule has 1 amide bonds. The van der Waals surface area contributed by atoms with Gasteiger partial charge in [-0.15, -0.1) is 10.2 Å². The van der Waals surface area contributed by atoms with Crippen LogP contribution in [-0.4, -0.2) is 28.4 Å². The van der Waals surface area contributed by atoms with E-state index in [4.69, 9.17) is 0 Å². The van der Waals surface area contributed by atoms with Gasteiger partial charge in [-0.2, -0.15) is 0 Å². The summed E-state index contributed by atoms with van der Waals surface area (Å²) in [6.07, 6.45) is 0. The Labute approximate surface area is 161 Å². The maximum Gasteiger partial charge on any atom is 0.240 e. The second-order valence-corrected chi connectivity index (χ2v) is 8.42. The lowest BCUT2D eigenvalue weighted by Crippen LogP contribution is -2.33. The van der Waals surface area contributed by atoms with Crippen molar-refractivity contribution >= 4 is 45.5 Å². The Morgan fingerprint density at radius 2 is 1.81 bits per heavy atom. The summed E-state index contributed by atoms with van der Waals surface area (Å²) in [6.45, 7) is 3.94. The second-order valence-electron chi connectivity index (χ2n) is 5.86. The zero-order valence-electron chi connectivity index (χ0n) is 14.8. The summed E-state index contributed by atoms with van der Waals surface area (Å²) >= 11 is 2.87. The first kappa shape index (κ1) is 18.4. The molecule has 26 heavy (non-hydrogen) atoms. The predicted molar refractivity (Wildman–Crippen MR) is 110 cm³/mol. The molecule has 0 spiro atoms. The Balaban J connectivity index is 1.61. The molecular formula is C19H20N4OS2. The third kappa shape index (κ3) is 4.62. The first-order chi connectivity index (χ1) is 12.5. The number of rotatable bonds is 6. The normalized spacial score (nSPS) is 11.8. The average Bonchev–Trinajstić information content (AvgIpc) is 3.10. The summed E-state index contributed by atoms with van der Waals surface area (Å²) < 4.78 is 0.766. The van der Waals surface area contributed by atoms with E-state index < -0.39 is 0 Å². The van der Waals surface area contributed by atoms with Crippen LogP contribution < -0.4 is 10.2 Å². The number of para-hydroxylation sites is 1. The van der Waals surface area contributed by atoms with E-state index in [0.717, 1.165) is 15.7 Å². The molecule has 3 aromatic rings. The maximum absolute atomic E-state index is 12.6.